The van der Waals surface area contributed by atoms with Crippen molar-refractivity contribution >= 4 is 0 Å². The summed E-state index contributed by atoms with van der Waals surface area (Å²) >= 11 is 0. The van der Waals surface area contributed by atoms with Crippen molar-refractivity contribution in [1.29, 1.82) is 0 Å². The molecule has 0 aromatic heterocycles. The van der Waals surface area contributed by atoms with Gasteiger partial charge in [0.05, 0.1) is 0 Å². The van der Waals surface area contributed by atoms with Gasteiger partial charge in [-0.25, -0.2) is 0 Å². The molecule has 12 aliphatic carbocycles. The fourth-order valence-corrected chi connectivity index (χ4v) is 22.3. The summed E-state index contributed by atoms with van der Waals surface area (Å²) in [7, 11) is 0. The molecule has 0 saturated heterocycles. The van der Waals surface area contributed by atoms with Gasteiger partial charge in [-0.15, -0.1) is 0 Å². The van der Waals surface area contributed by atoms with Crippen LogP contribution in [0.4, 0.5) is 0 Å². The van der Waals surface area contributed by atoms with Crippen LogP contribution in [0.2, 0.25) is 0 Å². The second-order valence-corrected chi connectivity index (χ2v) is 28.1. The molecule has 0 aromatic carbocycles. The quantitative estimate of drug-likeness (QED) is 0.204. The van der Waals surface area contributed by atoms with E-state index in [4.69, 9.17) is 0 Å². The Labute approximate surface area is 415 Å². The van der Waals surface area contributed by atoms with Crippen LogP contribution >= 0.6 is 0 Å². The Morgan fingerprint density at radius 2 is 0.433 bits per heavy atom. The summed E-state index contributed by atoms with van der Waals surface area (Å²) in [4.78, 5) is 10.0. The number of nitrogens with zero attached hydrogens (tertiary/aromatic N) is 3. The molecule has 7 unspecified atom stereocenters. The van der Waals surface area contributed by atoms with E-state index in [9.17, 15) is 0 Å². The zero-order valence-corrected chi connectivity index (χ0v) is 44.1. The third kappa shape index (κ3) is 10.4. The predicted molar refractivity (Wildman–Crippen MR) is 282 cm³/mol. The fraction of sp³-hybridized carbons (Fsp3) is 1.00. The molecule has 12 aliphatic rings. The van der Waals surface area contributed by atoms with Crippen molar-refractivity contribution in [3.05, 3.63) is 0 Å². The van der Waals surface area contributed by atoms with Gasteiger partial charge in [0.1, 0.15) is 0 Å². The molecule has 3 heteroatoms. The molecule has 0 N–H and O–H groups in total. The van der Waals surface area contributed by atoms with Gasteiger partial charge in [0, 0.05) is 54.4 Å². The number of rotatable bonds is 11. The minimum atomic E-state index is 0.910. The molecule has 12 fully saturated rings. The first kappa shape index (κ1) is 47.9. The van der Waals surface area contributed by atoms with E-state index in [1.54, 1.807) is 161 Å². The second kappa shape index (κ2) is 22.6. The van der Waals surface area contributed by atoms with Crippen molar-refractivity contribution < 1.29 is 0 Å². The van der Waals surface area contributed by atoms with Gasteiger partial charge in [-0.1, -0.05) is 96.3 Å². The minimum absolute atomic E-state index is 0.910. The zero-order chi connectivity index (χ0) is 44.5. The summed E-state index contributed by atoms with van der Waals surface area (Å²) in [5.41, 5.74) is 0. The summed E-state index contributed by atoms with van der Waals surface area (Å²) in [6.45, 7) is 0. The largest absolute Gasteiger partial charge is 0.294 e. The molecule has 0 heterocycles. The average molecular weight is 921 g/mol. The molecule has 3 nitrogen and oxygen atoms in total. The van der Waals surface area contributed by atoms with Crippen LogP contribution in [0.3, 0.4) is 0 Å². The second-order valence-electron chi connectivity index (χ2n) is 28.1. The Hall–Kier alpha value is -0.120. The minimum Gasteiger partial charge on any atom is -0.294 e. The normalized spacial score (nSPS) is 44.7. The molecule has 67 heavy (non-hydrogen) atoms. The SMILES string of the molecule is C1CCC(N(C2CCCCC2)C2CCC(C3CCC(N(C4CCC(C5CCC(N(C6CCCCC6)C6CCCCC6)CC5)CC4)C4CCC5CCC6CCCC7CCC4C5C67)CC3)CC2)CC1. The van der Waals surface area contributed by atoms with Crippen LogP contribution in [0, 0.1) is 59.2 Å². The molecule has 0 bridgehead atoms. The van der Waals surface area contributed by atoms with Gasteiger partial charge in [-0.3, -0.25) is 14.7 Å². The lowest BCUT2D eigenvalue weighted by atomic mass is 9.47. The van der Waals surface area contributed by atoms with E-state index in [0.29, 0.717) is 0 Å². The van der Waals surface area contributed by atoms with Crippen LogP contribution in [0.5, 0.6) is 0 Å². The molecule has 7 atom stereocenters. The first-order chi connectivity index (χ1) is 33.2. The van der Waals surface area contributed by atoms with Gasteiger partial charge < -0.3 is 0 Å². The molecule has 12 saturated carbocycles. The summed E-state index contributed by atoms with van der Waals surface area (Å²) in [5, 5.41) is 0. The van der Waals surface area contributed by atoms with Crippen molar-refractivity contribution in [3.63, 3.8) is 0 Å². The van der Waals surface area contributed by atoms with E-state index in [-0.39, 0.29) is 0 Å². The van der Waals surface area contributed by atoms with Crippen LogP contribution in [-0.2, 0) is 0 Å². The van der Waals surface area contributed by atoms with E-state index in [1.807, 2.05) is 0 Å². The monoisotopic (exact) mass is 920 g/mol. The Kier molecular flexibility index (Phi) is 16.1. The number of hydrogen-bond acceptors (Lipinski definition) is 3. The topological polar surface area (TPSA) is 9.72 Å². The van der Waals surface area contributed by atoms with Gasteiger partial charge in [0.2, 0.25) is 0 Å². The molecule has 380 valence electrons. The van der Waals surface area contributed by atoms with Gasteiger partial charge in [-0.2, -0.15) is 0 Å². The molecule has 0 amide bonds. The lowest BCUT2D eigenvalue weighted by molar-refractivity contribution is -0.125. The molecule has 0 aromatic rings. The standard InChI is InChI=1S/C64H109N3/c1-5-16-53(17-6-1)65(54-18-7-2-8-19-54)57-36-26-46(27-37-57)48-30-40-59(41-31-48)67(62-45-35-52-25-24-50-14-13-15-51-34-44-61(62)64(52)63(50)51)60-42-32-49(33-43-60)47-28-38-58(39-29-47)66(55-20-9-3-10-21-55)56-22-11-4-12-23-56/h46-64H,1-45H2. The van der Waals surface area contributed by atoms with Crippen molar-refractivity contribution in [1.82, 2.24) is 14.7 Å². The van der Waals surface area contributed by atoms with Gasteiger partial charge in [-0.05, 0) is 252 Å². The summed E-state index contributed by atoms with van der Waals surface area (Å²) in [5.74, 6) is 10.8. The van der Waals surface area contributed by atoms with E-state index in [2.05, 4.69) is 14.7 Å². The molecule has 12 rings (SSSR count). The van der Waals surface area contributed by atoms with E-state index in [0.717, 1.165) is 114 Å². The third-order valence-corrected chi connectivity index (χ3v) is 25.2. The highest BCUT2D eigenvalue weighted by molar-refractivity contribution is 5.07. The highest BCUT2D eigenvalue weighted by atomic mass is 15.2. The maximum atomic E-state index is 3.51. The smallest absolute Gasteiger partial charge is 0.0132 e. The van der Waals surface area contributed by atoms with Gasteiger partial charge in [0.15, 0.2) is 0 Å². The highest BCUT2D eigenvalue weighted by Crippen LogP contribution is 2.61. The van der Waals surface area contributed by atoms with Crippen molar-refractivity contribution in [2.45, 2.75) is 343 Å². The Balaban J connectivity index is 0.702. The Morgan fingerprint density at radius 3 is 0.791 bits per heavy atom. The van der Waals surface area contributed by atoms with Crippen LogP contribution < -0.4 is 0 Å². The molecule has 0 spiro atoms. The fourth-order valence-electron chi connectivity index (χ4n) is 22.3. The van der Waals surface area contributed by atoms with Crippen molar-refractivity contribution in [2.75, 3.05) is 0 Å². The average Bonchev–Trinajstić information content (AvgIpc) is 3.41. The van der Waals surface area contributed by atoms with Crippen molar-refractivity contribution in [3.8, 4) is 0 Å². The van der Waals surface area contributed by atoms with Crippen LogP contribution in [-0.4, -0.2) is 69.1 Å². The van der Waals surface area contributed by atoms with Crippen LogP contribution in [0.1, 0.15) is 289 Å². The van der Waals surface area contributed by atoms with E-state index in [1.165, 1.54) is 128 Å². The predicted octanol–water partition coefficient (Wildman–Crippen LogP) is 17.1. The molecule has 0 aliphatic heterocycles. The maximum Gasteiger partial charge on any atom is 0.0132 e. The zero-order valence-electron chi connectivity index (χ0n) is 44.1. The first-order valence-electron chi connectivity index (χ1n) is 32.6. The lowest BCUT2D eigenvalue weighted by Crippen LogP contribution is -2.61. The highest BCUT2D eigenvalue weighted by Gasteiger charge is 2.56. The van der Waals surface area contributed by atoms with E-state index < -0.39 is 0 Å². The van der Waals surface area contributed by atoms with Crippen LogP contribution in [0.15, 0.2) is 0 Å². The van der Waals surface area contributed by atoms with Gasteiger partial charge in [0.25, 0.3) is 0 Å². The Morgan fingerprint density at radius 1 is 0.164 bits per heavy atom. The van der Waals surface area contributed by atoms with Gasteiger partial charge >= 0.3 is 0 Å². The van der Waals surface area contributed by atoms with Crippen molar-refractivity contribution in [2.24, 2.45) is 59.2 Å². The molecular weight excluding hydrogens is 811 g/mol. The van der Waals surface area contributed by atoms with Crippen LogP contribution in [0.25, 0.3) is 0 Å². The Bertz CT molecular complexity index is 1350. The first-order valence-corrected chi connectivity index (χ1v) is 32.6. The lowest BCUT2D eigenvalue weighted by Gasteiger charge is -2.62. The maximum absolute atomic E-state index is 3.51. The van der Waals surface area contributed by atoms with E-state index >= 15 is 0 Å². The molecular formula is C64H109N3. The molecule has 0 radical (unpaired) electrons. The summed E-state index contributed by atoms with van der Waals surface area (Å²) in [6, 6.07) is 8.33. The third-order valence-electron chi connectivity index (χ3n) is 25.2. The number of hydrogen-bond donors (Lipinski definition) is 0. The summed E-state index contributed by atoms with van der Waals surface area (Å²) < 4.78 is 0. The summed E-state index contributed by atoms with van der Waals surface area (Å²) in [6.07, 6.45) is 69.7.